The van der Waals surface area contributed by atoms with Gasteiger partial charge in [-0.1, -0.05) is 25.5 Å². The lowest BCUT2D eigenvalue weighted by Crippen LogP contribution is -2.27. The van der Waals surface area contributed by atoms with Crippen molar-refractivity contribution in [1.82, 2.24) is 0 Å². The summed E-state index contributed by atoms with van der Waals surface area (Å²) in [6.07, 6.45) is 9.16. The first-order valence-electron chi connectivity index (χ1n) is 5.92. The van der Waals surface area contributed by atoms with Crippen LogP contribution in [0.15, 0.2) is 24.0 Å². The minimum Gasteiger partial charge on any atom is -0.435 e. The van der Waals surface area contributed by atoms with E-state index in [9.17, 15) is 4.79 Å². The quantitative estimate of drug-likeness (QED) is 0.412. The topological polar surface area (TPSA) is 26.3 Å². The Hall–Kier alpha value is -1.05. The molecule has 0 N–H and O–H groups in total. The molecule has 0 saturated heterocycles. The Morgan fingerprint density at radius 2 is 2.31 bits per heavy atom. The lowest BCUT2D eigenvalue weighted by atomic mass is 9.67. The Morgan fingerprint density at radius 3 is 2.88 bits per heavy atom. The van der Waals surface area contributed by atoms with Gasteiger partial charge in [-0.15, -0.1) is 0 Å². The van der Waals surface area contributed by atoms with Crippen LogP contribution in [0, 0.1) is 11.3 Å². The number of carbonyl (C=O) groups is 1. The van der Waals surface area contributed by atoms with E-state index in [4.69, 9.17) is 4.74 Å². The number of rotatable bonds is 3. The van der Waals surface area contributed by atoms with E-state index in [1.807, 2.05) is 6.08 Å². The molecule has 0 bridgehead atoms. The van der Waals surface area contributed by atoms with Crippen molar-refractivity contribution in [2.75, 3.05) is 0 Å². The van der Waals surface area contributed by atoms with Crippen LogP contribution in [-0.4, -0.2) is 5.97 Å². The molecule has 2 nitrogen and oxygen atoms in total. The van der Waals surface area contributed by atoms with Crippen LogP contribution in [0.1, 0.15) is 47.0 Å². The average molecular weight is 222 g/mol. The lowest BCUT2D eigenvalue weighted by molar-refractivity contribution is -0.135. The van der Waals surface area contributed by atoms with Crippen molar-refractivity contribution in [3.05, 3.63) is 24.0 Å². The normalized spacial score (nSPS) is 24.2. The van der Waals surface area contributed by atoms with Gasteiger partial charge in [0.05, 0.1) is 6.26 Å². The van der Waals surface area contributed by atoms with Crippen LogP contribution in [0.5, 0.6) is 0 Å². The minimum absolute atomic E-state index is 0.258. The first-order chi connectivity index (χ1) is 7.43. The second-order valence-electron chi connectivity index (χ2n) is 5.24. The molecular weight excluding hydrogens is 200 g/mol. The molecule has 0 radical (unpaired) electrons. The van der Waals surface area contributed by atoms with Gasteiger partial charge >= 0.3 is 5.97 Å². The van der Waals surface area contributed by atoms with Crippen LogP contribution in [0.25, 0.3) is 0 Å². The molecule has 0 aromatic rings. The summed E-state index contributed by atoms with van der Waals surface area (Å²) in [4.78, 5) is 10.6. The Kier molecular flexibility index (Phi) is 4.34. The van der Waals surface area contributed by atoms with Crippen molar-refractivity contribution in [2.45, 2.75) is 47.0 Å². The number of carbonyl (C=O) groups excluding carboxylic acids is 1. The molecule has 16 heavy (non-hydrogen) atoms. The Balaban J connectivity index is 2.57. The summed E-state index contributed by atoms with van der Waals surface area (Å²) >= 11 is 0. The van der Waals surface area contributed by atoms with E-state index in [1.165, 1.54) is 31.6 Å². The number of ether oxygens (including phenoxy) is 1. The third-order valence-corrected chi connectivity index (χ3v) is 3.45. The van der Waals surface area contributed by atoms with E-state index in [0.717, 1.165) is 6.42 Å². The smallest absolute Gasteiger partial charge is 0.307 e. The van der Waals surface area contributed by atoms with Gasteiger partial charge in [-0.05, 0) is 43.6 Å². The number of esters is 1. The van der Waals surface area contributed by atoms with Crippen LogP contribution in [-0.2, 0) is 9.53 Å². The molecule has 0 spiro atoms. The number of allylic oxidation sites excluding steroid dienone is 3. The first kappa shape index (κ1) is 13.0. The van der Waals surface area contributed by atoms with Gasteiger partial charge in [-0.3, -0.25) is 4.79 Å². The SMILES string of the molecule is CC(=O)O/C=C/CC1C(C)=CCCC1(C)C. The summed E-state index contributed by atoms with van der Waals surface area (Å²) in [5.41, 5.74) is 1.81. The molecule has 0 aromatic heterocycles. The van der Waals surface area contributed by atoms with Gasteiger partial charge in [-0.2, -0.15) is 0 Å². The molecule has 1 atom stereocenters. The van der Waals surface area contributed by atoms with E-state index in [0.29, 0.717) is 11.3 Å². The fourth-order valence-corrected chi connectivity index (χ4v) is 2.45. The molecule has 0 saturated carbocycles. The van der Waals surface area contributed by atoms with Crippen molar-refractivity contribution >= 4 is 5.97 Å². The van der Waals surface area contributed by atoms with Crippen LogP contribution < -0.4 is 0 Å². The standard InChI is InChI=1S/C14H22O2/c1-11-7-5-9-14(3,4)13(11)8-6-10-16-12(2)15/h6-7,10,13H,5,8-9H2,1-4H3/b10-6+. The van der Waals surface area contributed by atoms with Gasteiger partial charge in [0.1, 0.15) is 0 Å². The predicted molar refractivity (Wildman–Crippen MR) is 65.8 cm³/mol. The maximum absolute atomic E-state index is 10.6. The van der Waals surface area contributed by atoms with E-state index in [1.54, 1.807) is 0 Å². The highest BCUT2D eigenvalue weighted by molar-refractivity contribution is 5.66. The highest BCUT2D eigenvalue weighted by Gasteiger charge is 2.31. The zero-order valence-electron chi connectivity index (χ0n) is 10.7. The van der Waals surface area contributed by atoms with Crippen molar-refractivity contribution in [1.29, 1.82) is 0 Å². The van der Waals surface area contributed by atoms with Crippen LogP contribution in [0.2, 0.25) is 0 Å². The monoisotopic (exact) mass is 222 g/mol. The largest absolute Gasteiger partial charge is 0.435 e. The zero-order chi connectivity index (χ0) is 12.2. The Morgan fingerprint density at radius 1 is 1.62 bits per heavy atom. The summed E-state index contributed by atoms with van der Waals surface area (Å²) in [5, 5.41) is 0. The molecular formula is C14H22O2. The molecule has 90 valence electrons. The average Bonchev–Trinajstić information content (AvgIpc) is 2.14. The molecule has 0 fully saturated rings. The molecule has 0 aliphatic heterocycles. The van der Waals surface area contributed by atoms with Gasteiger partial charge in [0.2, 0.25) is 0 Å². The first-order valence-corrected chi connectivity index (χ1v) is 5.92. The molecule has 1 aliphatic rings. The van der Waals surface area contributed by atoms with Gasteiger partial charge in [0, 0.05) is 6.92 Å². The molecule has 1 unspecified atom stereocenters. The van der Waals surface area contributed by atoms with Crippen LogP contribution in [0.3, 0.4) is 0 Å². The van der Waals surface area contributed by atoms with Gasteiger partial charge in [-0.25, -0.2) is 0 Å². The Labute approximate surface area is 98.4 Å². The van der Waals surface area contributed by atoms with Crippen molar-refractivity contribution in [2.24, 2.45) is 11.3 Å². The molecule has 0 aromatic carbocycles. The molecule has 0 amide bonds. The molecule has 2 heteroatoms. The second-order valence-corrected chi connectivity index (χ2v) is 5.24. The van der Waals surface area contributed by atoms with E-state index in [2.05, 4.69) is 26.8 Å². The van der Waals surface area contributed by atoms with E-state index < -0.39 is 0 Å². The summed E-state index contributed by atoms with van der Waals surface area (Å²) in [7, 11) is 0. The van der Waals surface area contributed by atoms with Crippen molar-refractivity contribution < 1.29 is 9.53 Å². The van der Waals surface area contributed by atoms with Gasteiger partial charge in [0.15, 0.2) is 0 Å². The van der Waals surface area contributed by atoms with Crippen LogP contribution in [0.4, 0.5) is 0 Å². The fourth-order valence-electron chi connectivity index (χ4n) is 2.45. The highest BCUT2D eigenvalue weighted by Crippen LogP contribution is 2.42. The maximum atomic E-state index is 10.6. The van der Waals surface area contributed by atoms with Gasteiger partial charge < -0.3 is 4.74 Å². The predicted octanol–water partition coefficient (Wildman–Crippen LogP) is 3.84. The minimum atomic E-state index is -0.258. The summed E-state index contributed by atoms with van der Waals surface area (Å²) in [6.45, 7) is 8.24. The van der Waals surface area contributed by atoms with E-state index >= 15 is 0 Å². The molecule has 1 rings (SSSR count). The summed E-state index contributed by atoms with van der Waals surface area (Å²) < 4.78 is 4.80. The lowest BCUT2D eigenvalue weighted by Gasteiger charge is -2.38. The maximum Gasteiger partial charge on any atom is 0.307 e. The number of hydrogen-bond acceptors (Lipinski definition) is 2. The summed E-state index contributed by atoms with van der Waals surface area (Å²) in [5.74, 6) is 0.305. The third-order valence-electron chi connectivity index (χ3n) is 3.45. The third kappa shape index (κ3) is 3.51. The summed E-state index contributed by atoms with van der Waals surface area (Å²) in [6, 6.07) is 0. The molecule has 1 aliphatic carbocycles. The fraction of sp³-hybridized carbons (Fsp3) is 0.643. The van der Waals surface area contributed by atoms with Crippen LogP contribution >= 0.6 is 0 Å². The van der Waals surface area contributed by atoms with Crippen molar-refractivity contribution in [3.63, 3.8) is 0 Å². The molecule has 0 heterocycles. The second kappa shape index (κ2) is 5.33. The van der Waals surface area contributed by atoms with Crippen molar-refractivity contribution in [3.8, 4) is 0 Å². The van der Waals surface area contributed by atoms with E-state index in [-0.39, 0.29) is 5.97 Å². The van der Waals surface area contributed by atoms with Gasteiger partial charge in [0.25, 0.3) is 0 Å². The Bertz CT molecular complexity index is 311. The number of hydrogen-bond donors (Lipinski definition) is 0. The highest BCUT2D eigenvalue weighted by atomic mass is 16.5. The zero-order valence-corrected chi connectivity index (χ0v) is 10.7.